The third-order valence-corrected chi connectivity index (χ3v) is 4.18. The van der Waals surface area contributed by atoms with E-state index in [9.17, 15) is 14.7 Å². The topological polar surface area (TPSA) is 76.1 Å². The number of carbonyl (C=O) groups excluding carboxylic acids is 1. The van der Waals surface area contributed by atoms with Crippen LogP contribution in [-0.4, -0.2) is 54.0 Å². The number of rotatable bonds is 3. The van der Waals surface area contributed by atoms with Gasteiger partial charge in [0.1, 0.15) is 6.10 Å². The molecule has 108 valence electrons. The number of carbonyl (C=O) groups is 2. The zero-order chi connectivity index (χ0) is 13.9. The molecule has 0 atom stereocenters. The number of amides is 1. The molecule has 1 aliphatic carbocycles. The molecule has 1 saturated heterocycles. The van der Waals surface area contributed by atoms with Crippen LogP contribution < -0.4 is 0 Å². The van der Waals surface area contributed by atoms with Crippen LogP contribution in [0.25, 0.3) is 0 Å². The molecule has 0 aromatic carbocycles. The van der Waals surface area contributed by atoms with Crippen molar-refractivity contribution in [2.45, 2.75) is 50.2 Å². The van der Waals surface area contributed by atoms with E-state index in [0.717, 1.165) is 25.7 Å². The number of hydrogen-bond donors (Lipinski definition) is 1. The second kappa shape index (κ2) is 5.77. The van der Waals surface area contributed by atoms with Gasteiger partial charge < -0.3 is 19.5 Å². The van der Waals surface area contributed by atoms with E-state index in [1.807, 2.05) is 0 Å². The number of likely N-dealkylation sites (tertiary alicyclic amines) is 1. The van der Waals surface area contributed by atoms with Crippen molar-refractivity contribution < 1.29 is 24.2 Å². The van der Waals surface area contributed by atoms with Crippen molar-refractivity contribution in [1.29, 1.82) is 0 Å². The third kappa shape index (κ3) is 3.00. The van der Waals surface area contributed by atoms with Gasteiger partial charge in [0, 0.05) is 33.0 Å². The third-order valence-electron chi connectivity index (χ3n) is 4.18. The number of piperidine rings is 1. The lowest BCUT2D eigenvalue weighted by Crippen LogP contribution is -2.52. The lowest BCUT2D eigenvalue weighted by molar-refractivity contribution is -0.167. The highest BCUT2D eigenvalue weighted by atomic mass is 16.6. The zero-order valence-corrected chi connectivity index (χ0v) is 11.3. The molecule has 0 aromatic heterocycles. The summed E-state index contributed by atoms with van der Waals surface area (Å²) >= 11 is 0. The van der Waals surface area contributed by atoms with Gasteiger partial charge in [0.05, 0.1) is 0 Å². The first-order valence-electron chi connectivity index (χ1n) is 6.81. The molecule has 1 heterocycles. The molecule has 2 fully saturated rings. The van der Waals surface area contributed by atoms with Gasteiger partial charge in [0.2, 0.25) is 0 Å². The molecule has 0 radical (unpaired) electrons. The first-order valence-corrected chi connectivity index (χ1v) is 6.81. The number of carboxylic acid groups (broad SMARTS) is 1. The van der Waals surface area contributed by atoms with Gasteiger partial charge in [0.25, 0.3) is 0 Å². The SMILES string of the molecule is COC1(C(=O)O)CCN(C(=O)OC2CCCC2)CC1. The molecule has 0 spiro atoms. The highest BCUT2D eigenvalue weighted by molar-refractivity contribution is 5.78. The molecule has 1 aliphatic heterocycles. The zero-order valence-electron chi connectivity index (χ0n) is 11.3. The Morgan fingerprint density at radius 1 is 1.21 bits per heavy atom. The van der Waals surface area contributed by atoms with Gasteiger partial charge >= 0.3 is 12.1 Å². The summed E-state index contributed by atoms with van der Waals surface area (Å²) in [6, 6.07) is 0. The Labute approximate surface area is 112 Å². The first-order chi connectivity index (χ1) is 9.07. The second-order valence-electron chi connectivity index (χ2n) is 5.28. The molecule has 1 saturated carbocycles. The van der Waals surface area contributed by atoms with Gasteiger partial charge in [-0.15, -0.1) is 0 Å². The fourth-order valence-electron chi connectivity index (χ4n) is 2.78. The molecule has 0 aromatic rings. The van der Waals surface area contributed by atoms with Gasteiger partial charge in [0.15, 0.2) is 5.60 Å². The van der Waals surface area contributed by atoms with Crippen molar-refractivity contribution in [3.05, 3.63) is 0 Å². The Hall–Kier alpha value is -1.30. The Morgan fingerprint density at radius 3 is 2.26 bits per heavy atom. The van der Waals surface area contributed by atoms with Gasteiger partial charge in [-0.1, -0.05) is 0 Å². The highest BCUT2D eigenvalue weighted by Crippen LogP contribution is 2.27. The van der Waals surface area contributed by atoms with Crippen LogP contribution in [0.15, 0.2) is 0 Å². The minimum absolute atomic E-state index is 0.0427. The Kier molecular flexibility index (Phi) is 4.29. The van der Waals surface area contributed by atoms with Crippen molar-refractivity contribution in [3.8, 4) is 0 Å². The molecular weight excluding hydrogens is 250 g/mol. The normalized spacial score (nSPS) is 23.3. The largest absolute Gasteiger partial charge is 0.479 e. The standard InChI is InChI=1S/C13H21NO5/c1-18-13(11(15)16)6-8-14(9-7-13)12(17)19-10-4-2-3-5-10/h10H,2-9H2,1H3,(H,15,16). The number of nitrogens with zero attached hydrogens (tertiary/aromatic N) is 1. The summed E-state index contributed by atoms with van der Waals surface area (Å²) in [7, 11) is 1.40. The van der Waals surface area contributed by atoms with Gasteiger partial charge in [-0.05, 0) is 25.7 Å². The second-order valence-corrected chi connectivity index (χ2v) is 5.28. The number of carboxylic acids is 1. The molecule has 2 aliphatic rings. The first kappa shape index (κ1) is 14.1. The van der Waals surface area contributed by atoms with Crippen molar-refractivity contribution in [2.75, 3.05) is 20.2 Å². The molecule has 1 amide bonds. The molecule has 19 heavy (non-hydrogen) atoms. The molecule has 0 unspecified atom stereocenters. The summed E-state index contributed by atoms with van der Waals surface area (Å²) in [6.07, 6.45) is 4.45. The average molecular weight is 271 g/mol. The lowest BCUT2D eigenvalue weighted by Gasteiger charge is -2.37. The Bertz CT molecular complexity index is 343. The Balaban J connectivity index is 1.85. The summed E-state index contributed by atoms with van der Waals surface area (Å²) in [4.78, 5) is 24.7. The maximum absolute atomic E-state index is 11.9. The molecule has 6 nitrogen and oxygen atoms in total. The fourth-order valence-corrected chi connectivity index (χ4v) is 2.78. The van der Waals surface area contributed by atoms with E-state index in [2.05, 4.69) is 0 Å². The molecule has 1 N–H and O–H groups in total. The van der Waals surface area contributed by atoms with Crippen LogP contribution in [0, 0.1) is 0 Å². The smallest absolute Gasteiger partial charge is 0.410 e. The van der Waals surface area contributed by atoms with Crippen molar-refractivity contribution >= 4 is 12.1 Å². The number of hydrogen-bond acceptors (Lipinski definition) is 4. The van der Waals surface area contributed by atoms with E-state index >= 15 is 0 Å². The van der Waals surface area contributed by atoms with Crippen LogP contribution in [0.3, 0.4) is 0 Å². The molecule has 6 heteroatoms. The maximum Gasteiger partial charge on any atom is 0.410 e. The quantitative estimate of drug-likeness (QED) is 0.844. The minimum atomic E-state index is -1.15. The van der Waals surface area contributed by atoms with Crippen molar-refractivity contribution in [1.82, 2.24) is 4.90 Å². The maximum atomic E-state index is 11.9. The molecule has 0 bridgehead atoms. The van der Waals surface area contributed by atoms with Crippen LogP contribution in [0.5, 0.6) is 0 Å². The van der Waals surface area contributed by atoms with Crippen molar-refractivity contribution in [3.63, 3.8) is 0 Å². The van der Waals surface area contributed by atoms with Gasteiger partial charge in [-0.2, -0.15) is 0 Å². The average Bonchev–Trinajstić information content (AvgIpc) is 2.91. The Morgan fingerprint density at radius 2 is 1.79 bits per heavy atom. The van der Waals surface area contributed by atoms with Crippen LogP contribution in [0.2, 0.25) is 0 Å². The monoisotopic (exact) mass is 271 g/mol. The van der Waals surface area contributed by atoms with E-state index in [-0.39, 0.29) is 12.2 Å². The summed E-state index contributed by atoms with van der Waals surface area (Å²) in [5, 5.41) is 9.18. The number of methoxy groups -OCH3 is 1. The number of ether oxygens (including phenoxy) is 2. The molecular formula is C13H21NO5. The van der Waals surface area contributed by atoms with E-state index in [0.29, 0.717) is 25.9 Å². The van der Waals surface area contributed by atoms with Gasteiger partial charge in [-0.3, -0.25) is 0 Å². The lowest BCUT2D eigenvalue weighted by atomic mass is 9.91. The summed E-state index contributed by atoms with van der Waals surface area (Å²) in [5.74, 6) is -0.959. The summed E-state index contributed by atoms with van der Waals surface area (Å²) in [6.45, 7) is 0.734. The van der Waals surface area contributed by atoms with E-state index in [1.165, 1.54) is 7.11 Å². The van der Waals surface area contributed by atoms with Crippen LogP contribution in [0.4, 0.5) is 4.79 Å². The predicted molar refractivity (Wildman–Crippen MR) is 66.9 cm³/mol. The van der Waals surface area contributed by atoms with E-state index < -0.39 is 11.6 Å². The van der Waals surface area contributed by atoms with Gasteiger partial charge in [-0.25, -0.2) is 9.59 Å². The molecule has 2 rings (SSSR count). The highest BCUT2D eigenvalue weighted by Gasteiger charge is 2.43. The predicted octanol–water partition coefficient (Wildman–Crippen LogP) is 1.63. The van der Waals surface area contributed by atoms with Crippen LogP contribution >= 0.6 is 0 Å². The fraction of sp³-hybridized carbons (Fsp3) is 0.846. The number of aliphatic carboxylic acids is 1. The van der Waals surface area contributed by atoms with Crippen molar-refractivity contribution in [2.24, 2.45) is 0 Å². The van der Waals surface area contributed by atoms with E-state index in [1.54, 1.807) is 4.90 Å². The summed E-state index contributed by atoms with van der Waals surface area (Å²) < 4.78 is 10.5. The van der Waals surface area contributed by atoms with Crippen LogP contribution in [-0.2, 0) is 14.3 Å². The summed E-state index contributed by atoms with van der Waals surface area (Å²) in [5.41, 5.74) is -1.15. The minimum Gasteiger partial charge on any atom is -0.479 e. The van der Waals surface area contributed by atoms with E-state index in [4.69, 9.17) is 9.47 Å². The van der Waals surface area contributed by atoms with Crippen LogP contribution in [0.1, 0.15) is 38.5 Å².